The number of amides is 4. The molecule has 1 fully saturated rings. The summed E-state index contributed by atoms with van der Waals surface area (Å²) >= 11 is 0. The molecule has 1 unspecified atom stereocenters. The summed E-state index contributed by atoms with van der Waals surface area (Å²) in [6.45, 7) is 1.85. The molecule has 0 radical (unpaired) electrons. The predicted molar refractivity (Wildman–Crippen MR) is 137 cm³/mol. The van der Waals surface area contributed by atoms with Gasteiger partial charge in [-0.05, 0) is 42.8 Å². The third kappa shape index (κ3) is 3.88. The van der Waals surface area contributed by atoms with Crippen molar-refractivity contribution in [2.75, 3.05) is 13.7 Å². The van der Waals surface area contributed by atoms with Gasteiger partial charge >= 0.3 is 11.7 Å². The molecule has 196 valence electrons. The van der Waals surface area contributed by atoms with Crippen molar-refractivity contribution in [1.29, 1.82) is 0 Å². The Labute approximate surface area is 220 Å². The SMILES string of the molecule is COc1ccc2c(c1)C(=O)N(CC1(C#Cc3ccc4oc(-c5[nH]c(=O)[nH]c5O)c(C)c4c3)NC(=O)NC1=O)C2. The fourth-order valence-corrected chi connectivity index (χ4v) is 4.87. The molecule has 1 saturated heterocycles. The van der Waals surface area contributed by atoms with E-state index in [0.29, 0.717) is 33.4 Å². The topological polar surface area (TPSA) is 170 Å². The van der Waals surface area contributed by atoms with Gasteiger partial charge in [-0.15, -0.1) is 0 Å². The number of aromatic nitrogens is 2. The molecule has 12 heteroatoms. The number of fused-ring (bicyclic) bond motifs is 2. The van der Waals surface area contributed by atoms with Crippen LogP contribution in [0.2, 0.25) is 0 Å². The molecule has 4 amide bonds. The molecular weight excluding hydrogens is 506 g/mol. The number of rotatable bonds is 4. The maximum Gasteiger partial charge on any atom is 0.326 e. The number of methoxy groups -OCH3 is 1. The second-order valence-corrected chi connectivity index (χ2v) is 9.32. The lowest BCUT2D eigenvalue weighted by atomic mass is 9.98. The fourth-order valence-electron chi connectivity index (χ4n) is 4.87. The maximum atomic E-state index is 13.1. The van der Waals surface area contributed by atoms with Crippen LogP contribution in [0.3, 0.4) is 0 Å². The lowest BCUT2D eigenvalue weighted by molar-refractivity contribution is -0.122. The van der Waals surface area contributed by atoms with Crippen LogP contribution in [0, 0.1) is 18.8 Å². The molecule has 2 aliphatic heterocycles. The van der Waals surface area contributed by atoms with Gasteiger partial charge in [0.1, 0.15) is 17.0 Å². The molecule has 2 aromatic heterocycles. The van der Waals surface area contributed by atoms with Crippen LogP contribution in [0.25, 0.3) is 22.4 Å². The van der Waals surface area contributed by atoms with Gasteiger partial charge in [-0.1, -0.05) is 17.9 Å². The first-order valence-corrected chi connectivity index (χ1v) is 11.8. The quantitative estimate of drug-likeness (QED) is 0.199. The van der Waals surface area contributed by atoms with Crippen LogP contribution < -0.4 is 21.1 Å². The average Bonchev–Trinajstić information content (AvgIpc) is 3.60. The van der Waals surface area contributed by atoms with E-state index < -0.39 is 23.2 Å². The van der Waals surface area contributed by atoms with Gasteiger partial charge in [0.15, 0.2) is 5.76 Å². The zero-order valence-corrected chi connectivity index (χ0v) is 20.7. The Kier molecular flexibility index (Phi) is 5.25. The summed E-state index contributed by atoms with van der Waals surface area (Å²) in [5.74, 6) is 5.37. The first kappa shape index (κ1) is 23.9. The van der Waals surface area contributed by atoms with Crippen molar-refractivity contribution in [1.82, 2.24) is 25.5 Å². The standard InChI is InChI=1S/C27H21N5O7/c1-13-17-9-14(3-6-19(17)39-21(13)20-22(33)29-25(36)28-20)7-8-27(24(35)30-26(37)31-27)12-32-11-15-4-5-16(38-2)10-18(15)23(32)34/h3-6,9-10,33H,11-12H2,1-2H3,(H2,28,29,36)(H2,30,31,35,37). The summed E-state index contributed by atoms with van der Waals surface area (Å²) in [5.41, 5.74) is 0.784. The third-order valence-corrected chi connectivity index (χ3v) is 6.86. The van der Waals surface area contributed by atoms with E-state index in [1.54, 1.807) is 43.3 Å². The summed E-state index contributed by atoms with van der Waals surface area (Å²) in [7, 11) is 1.51. The van der Waals surface area contributed by atoms with Crippen molar-refractivity contribution >= 4 is 28.8 Å². The Morgan fingerprint density at radius 2 is 1.95 bits per heavy atom. The zero-order valence-electron chi connectivity index (χ0n) is 20.7. The molecule has 0 saturated carbocycles. The second-order valence-electron chi connectivity index (χ2n) is 9.32. The number of aromatic amines is 2. The van der Waals surface area contributed by atoms with E-state index in [-0.39, 0.29) is 36.3 Å². The molecule has 39 heavy (non-hydrogen) atoms. The summed E-state index contributed by atoms with van der Waals surface area (Å²) < 4.78 is 11.1. The predicted octanol–water partition coefficient (Wildman–Crippen LogP) is 1.72. The first-order valence-electron chi connectivity index (χ1n) is 11.8. The van der Waals surface area contributed by atoms with E-state index in [0.717, 1.165) is 5.56 Å². The van der Waals surface area contributed by atoms with Crippen LogP contribution in [-0.2, 0) is 11.3 Å². The van der Waals surface area contributed by atoms with Gasteiger partial charge in [0.2, 0.25) is 11.4 Å². The van der Waals surface area contributed by atoms with E-state index >= 15 is 0 Å². The van der Waals surface area contributed by atoms with Gasteiger partial charge < -0.3 is 24.5 Å². The van der Waals surface area contributed by atoms with Gasteiger partial charge in [-0.25, -0.2) is 9.59 Å². The van der Waals surface area contributed by atoms with Crippen LogP contribution >= 0.6 is 0 Å². The number of nitrogens with one attached hydrogen (secondary N) is 4. The number of imide groups is 1. The molecule has 12 nitrogen and oxygen atoms in total. The largest absolute Gasteiger partial charge is 0.497 e. The second kappa shape index (κ2) is 8.56. The van der Waals surface area contributed by atoms with Crippen molar-refractivity contribution in [3.63, 3.8) is 0 Å². The number of hydrogen-bond donors (Lipinski definition) is 5. The lowest BCUT2D eigenvalue weighted by Gasteiger charge is -2.26. The van der Waals surface area contributed by atoms with Gasteiger partial charge in [0.05, 0.1) is 13.7 Å². The molecule has 1 atom stereocenters. The van der Waals surface area contributed by atoms with Gasteiger partial charge in [0, 0.05) is 28.6 Å². The molecule has 0 aliphatic carbocycles. The van der Waals surface area contributed by atoms with Crippen molar-refractivity contribution < 1.29 is 28.6 Å². The molecular formula is C27H21N5O7. The Bertz CT molecular complexity index is 1840. The fraction of sp³-hybridized carbons (Fsp3) is 0.185. The minimum atomic E-state index is -1.67. The van der Waals surface area contributed by atoms with E-state index in [4.69, 9.17) is 9.15 Å². The molecule has 4 heterocycles. The Hall–Kier alpha value is -5.44. The number of aromatic hydroxyl groups is 1. The van der Waals surface area contributed by atoms with E-state index in [1.807, 2.05) is 0 Å². The number of nitrogens with zero attached hydrogens (tertiary/aromatic N) is 1. The highest BCUT2D eigenvalue weighted by Gasteiger charge is 2.48. The number of hydrogen-bond acceptors (Lipinski definition) is 7. The van der Waals surface area contributed by atoms with Crippen LogP contribution in [0.5, 0.6) is 11.6 Å². The molecule has 0 bridgehead atoms. The number of imidazole rings is 1. The minimum absolute atomic E-state index is 0.125. The van der Waals surface area contributed by atoms with E-state index in [2.05, 4.69) is 32.4 Å². The number of ether oxygens (including phenoxy) is 1. The number of furan rings is 1. The lowest BCUT2D eigenvalue weighted by Crippen LogP contribution is -2.54. The first-order chi connectivity index (χ1) is 18.7. The van der Waals surface area contributed by atoms with Crippen molar-refractivity contribution in [3.05, 3.63) is 69.1 Å². The van der Waals surface area contributed by atoms with Gasteiger partial charge in [-0.3, -0.25) is 24.9 Å². The monoisotopic (exact) mass is 527 g/mol. The number of H-pyrrole nitrogens is 2. The molecule has 0 spiro atoms. The van der Waals surface area contributed by atoms with E-state index in [1.165, 1.54) is 12.0 Å². The summed E-state index contributed by atoms with van der Waals surface area (Å²) in [6, 6.07) is 9.56. The smallest absolute Gasteiger partial charge is 0.326 e. The minimum Gasteiger partial charge on any atom is -0.497 e. The number of urea groups is 1. The Morgan fingerprint density at radius 1 is 1.13 bits per heavy atom. The van der Waals surface area contributed by atoms with Crippen molar-refractivity contribution in [2.45, 2.75) is 19.0 Å². The summed E-state index contributed by atoms with van der Waals surface area (Å²) in [6.07, 6.45) is 0. The normalized spacial score (nSPS) is 18.1. The van der Waals surface area contributed by atoms with Crippen LogP contribution in [0.4, 0.5) is 4.79 Å². The highest BCUT2D eigenvalue weighted by Crippen LogP contribution is 2.35. The molecule has 4 aromatic rings. The summed E-state index contributed by atoms with van der Waals surface area (Å²) in [4.78, 5) is 56.0. The third-order valence-electron chi connectivity index (χ3n) is 6.86. The van der Waals surface area contributed by atoms with Crippen molar-refractivity contribution in [2.24, 2.45) is 0 Å². The molecule has 5 N–H and O–H groups in total. The Balaban J connectivity index is 1.34. The van der Waals surface area contributed by atoms with Crippen LogP contribution in [0.1, 0.15) is 27.0 Å². The summed E-state index contributed by atoms with van der Waals surface area (Å²) in [5, 5.41) is 15.5. The molecule has 6 rings (SSSR count). The van der Waals surface area contributed by atoms with Crippen LogP contribution in [-0.4, -0.2) is 57.0 Å². The van der Waals surface area contributed by atoms with E-state index in [9.17, 15) is 24.3 Å². The van der Waals surface area contributed by atoms with Gasteiger partial charge in [0.25, 0.3) is 11.8 Å². The highest BCUT2D eigenvalue weighted by molar-refractivity contribution is 6.10. The van der Waals surface area contributed by atoms with Gasteiger partial charge in [-0.2, -0.15) is 0 Å². The maximum absolute atomic E-state index is 13.1. The van der Waals surface area contributed by atoms with Crippen molar-refractivity contribution in [3.8, 4) is 34.9 Å². The zero-order chi connectivity index (χ0) is 27.5. The molecule has 2 aliphatic rings. The number of aryl methyl sites for hydroxylation is 1. The Morgan fingerprint density at radius 3 is 2.64 bits per heavy atom. The highest BCUT2D eigenvalue weighted by atomic mass is 16.5. The average molecular weight is 527 g/mol. The van der Waals surface area contributed by atoms with Crippen LogP contribution in [0.15, 0.2) is 45.6 Å². The number of benzene rings is 2. The number of carbonyl (C=O) groups is 3. The number of carbonyl (C=O) groups excluding carboxylic acids is 3. The molecule has 2 aromatic carbocycles.